The maximum Gasteiger partial charge on any atom is 0.00461 e. The minimum atomic E-state index is 0.597. The van der Waals surface area contributed by atoms with Crippen molar-refractivity contribution >= 4 is 12.2 Å². The van der Waals surface area contributed by atoms with Crippen LogP contribution in [0.5, 0.6) is 0 Å². The van der Waals surface area contributed by atoms with E-state index in [4.69, 9.17) is 11.5 Å². The minimum absolute atomic E-state index is 0.597. The Bertz CT molecular complexity index is 392. The van der Waals surface area contributed by atoms with Crippen LogP contribution in [0.3, 0.4) is 0 Å². The van der Waals surface area contributed by atoms with Crippen molar-refractivity contribution in [2.75, 3.05) is 13.1 Å². The zero-order chi connectivity index (χ0) is 13.1. The fourth-order valence-corrected chi connectivity index (χ4v) is 1.32. The number of nitrogens with two attached hydrogens (primary N) is 2. The molecule has 0 saturated heterocycles. The second kappa shape index (κ2) is 9.16. The predicted octanol–water partition coefficient (Wildman–Crippen LogP) is 2.76. The summed E-state index contributed by atoms with van der Waals surface area (Å²) in [7, 11) is 0. The van der Waals surface area contributed by atoms with Gasteiger partial charge in [0.15, 0.2) is 0 Å². The standard InChI is InChI=1S/C14H12.C2H8N2/c1-3-7-13(8-4-1)11-12-14-9-5-2-6-10-14;3-1-2-4/h1-12H;1-4H2. The number of rotatable bonds is 3. The quantitative estimate of drug-likeness (QED) is 0.810. The lowest BCUT2D eigenvalue weighted by atomic mass is 10.1. The predicted molar refractivity (Wildman–Crippen MR) is 79.9 cm³/mol. The van der Waals surface area contributed by atoms with Crippen LogP contribution in [0, 0.1) is 0 Å². The van der Waals surface area contributed by atoms with E-state index in [1.165, 1.54) is 11.1 Å². The van der Waals surface area contributed by atoms with Crippen LogP contribution >= 0.6 is 0 Å². The maximum absolute atomic E-state index is 4.90. The molecule has 0 unspecified atom stereocenters. The Balaban J connectivity index is 0.000000357. The minimum Gasteiger partial charge on any atom is -0.329 e. The fourth-order valence-electron chi connectivity index (χ4n) is 1.32. The highest BCUT2D eigenvalue weighted by molar-refractivity contribution is 5.69. The third-order valence-corrected chi connectivity index (χ3v) is 2.23. The van der Waals surface area contributed by atoms with E-state index in [9.17, 15) is 0 Å². The molecule has 94 valence electrons. The van der Waals surface area contributed by atoms with Crippen LogP contribution in [0.15, 0.2) is 60.7 Å². The third kappa shape index (κ3) is 5.99. The van der Waals surface area contributed by atoms with E-state index in [0.29, 0.717) is 13.1 Å². The van der Waals surface area contributed by atoms with Gasteiger partial charge in [0.2, 0.25) is 0 Å². The van der Waals surface area contributed by atoms with Crippen molar-refractivity contribution in [2.24, 2.45) is 11.5 Å². The van der Waals surface area contributed by atoms with Gasteiger partial charge in [-0.1, -0.05) is 72.8 Å². The molecule has 2 aromatic rings. The molecule has 4 N–H and O–H groups in total. The van der Waals surface area contributed by atoms with Crippen LogP contribution in [0.25, 0.3) is 12.2 Å². The first-order valence-corrected chi connectivity index (χ1v) is 6.05. The summed E-state index contributed by atoms with van der Waals surface area (Å²) in [6.45, 7) is 1.19. The van der Waals surface area contributed by atoms with Crippen molar-refractivity contribution < 1.29 is 0 Å². The molecule has 2 nitrogen and oxygen atoms in total. The average molecular weight is 240 g/mol. The maximum atomic E-state index is 4.90. The molecule has 2 aromatic carbocycles. The SMILES string of the molecule is C(=Cc1ccccc1)c1ccccc1.NCCN. The second-order valence-corrected chi connectivity index (χ2v) is 3.73. The summed E-state index contributed by atoms with van der Waals surface area (Å²) >= 11 is 0. The van der Waals surface area contributed by atoms with Crippen LogP contribution in [0.2, 0.25) is 0 Å². The number of hydrogen-bond acceptors (Lipinski definition) is 2. The summed E-state index contributed by atoms with van der Waals surface area (Å²) in [5.41, 5.74) is 12.3. The van der Waals surface area contributed by atoms with E-state index < -0.39 is 0 Å². The fraction of sp³-hybridized carbons (Fsp3) is 0.125. The van der Waals surface area contributed by atoms with Gasteiger partial charge in [-0.05, 0) is 11.1 Å². The van der Waals surface area contributed by atoms with Crippen molar-refractivity contribution in [3.05, 3.63) is 71.8 Å². The molecular weight excluding hydrogens is 220 g/mol. The zero-order valence-electron chi connectivity index (χ0n) is 10.5. The second-order valence-electron chi connectivity index (χ2n) is 3.73. The van der Waals surface area contributed by atoms with Gasteiger partial charge in [-0.3, -0.25) is 0 Å². The van der Waals surface area contributed by atoms with Gasteiger partial charge < -0.3 is 11.5 Å². The molecule has 0 aliphatic rings. The number of hydrogen-bond donors (Lipinski definition) is 2. The lowest BCUT2D eigenvalue weighted by Gasteiger charge is -1.92. The molecule has 0 fully saturated rings. The van der Waals surface area contributed by atoms with Crippen molar-refractivity contribution in [3.63, 3.8) is 0 Å². The molecule has 0 radical (unpaired) electrons. The molecule has 2 rings (SSSR count). The van der Waals surface area contributed by atoms with Crippen LogP contribution in [0.4, 0.5) is 0 Å². The Morgan fingerprint density at radius 2 is 0.944 bits per heavy atom. The normalized spacial score (nSPS) is 9.89. The van der Waals surface area contributed by atoms with Gasteiger partial charge in [0.05, 0.1) is 0 Å². The van der Waals surface area contributed by atoms with E-state index in [1.807, 2.05) is 36.4 Å². The highest BCUT2D eigenvalue weighted by Gasteiger charge is 1.84. The Labute approximate surface area is 109 Å². The summed E-state index contributed by atoms with van der Waals surface area (Å²) in [5, 5.41) is 0. The van der Waals surface area contributed by atoms with Gasteiger partial charge in [-0.15, -0.1) is 0 Å². The van der Waals surface area contributed by atoms with Gasteiger partial charge in [0, 0.05) is 13.1 Å². The van der Waals surface area contributed by atoms with Crippen molar-refractivity contribution in [1.29, 1.82) is 0 Å². The van der Waals surface area contributed by atoms with Crippen LogP contribution in [-0.2, 0) is 0 Å². The summed E-state index contributed by atoms with van der Waals surface area (Å²) < 4.78 is 0. The highest BCUT2D eigenvalue weighted by Crippen LogP contribution is 2.06. The summed E-state index contributed by atoms with van der Waals surface area (Å²) in [6.07, 6.45) is 4.24. The van der Waals surface area contributed by atoms with E-state index in [2.05, 4.69) is 36.4 Å². The lowest BCUT2D eigenvalue weighted by Crippen LogP contribution is -2.11. The summed E-state index contributed by atoms with van der Waals surface area (Å²) in [5.74, 6) is 0. The molecule has 0 heterocycles. The van der Waals surface area contributed by atoms with Crippen molar-refractivity contribution in [2.45, 2.75) is 0 Å². The van der Waals surface area contributed by atoms with Gasteiger partial charge in [0.1, 0.15) is 0 Å². The van der Waals surface area contributed by atoms with E-state index in [0.717, 1.165) is 0 Å². The highest BCUT2D eigenvalue weighted by atomic mass is 14.6. The smallest absolute Gasteiger partial charge is 0.00461 e. The molecule has 0 aromatic heterocycles. The molecule has 0 spiro atoms. The van der Waals surface area contributed by atoms with Crippen LogP contribution < -0.4 is 11.5 Å². The number of benzene rings is 2. The first kappa shape index (κ1) is 14.2. The van der Waals surface area contributed by atoms with Gasteiger partial charge in [-0.25, -0.2) is 0 Å². The molecular formula is C16H20N2. The third-order valence-electron chi connectivity index (χ3n) is 2.23. The van der Waals surface area contributed by atoms with Crippen LogP contribution in [-0.4, -0.2) is 13.1 Å². The Kier molecular flexibility index (Phi) is 7.21. The van der Waals surface area contributed by atoms with Gasteiger partial charge in [-0.2, -0.15) is 0 Å². The molecule has 18 heavy (non-hydrogen) atoms. The molecule has 2 heteroatoms. The van der Waals surface area contributed by atoms with E-state index >= 15 is 0 Å². The molecule has 0 atom stereocenters. The topological polar surface area (TPSA) is 52.0 Å². The molecule has 0 bridgehead atoms. The van der Waals surface area contributed by atoms with Crippen molar-refractivity contribution in [3.8, 4) is 0 Å². The van der Waals surface area contributed by atoms with Crippen molar-refractivity contribution in [1.82, 2.24) is 0 Å². The van der Waals surface area contributed by atoms with Gasteiger partial charge >= 0.3 is 0 Å². The Hall–Kier alpha value is -1.90. The summed E-state index contributed by atoms with van der Waals surface area (Å²) in [4.78, 5) is 0. The average Bonchev–Trinajstić information content (AvgIpc) is 2.47. The molecule has 0 aliphatic carbocycles. The monoisotopic (exact) mass is 240 g/mol. The first-order valence-electron chi connectivity index (χ1n) is 6.05. The largest absolute Gasteiger partial charge is 0.329 e. The zero-order valence-corrected chi connectivity index (χ0v) is 10.5. The Morgan fingerprint density at radius 1 is 0.611 bits per heavy atom. The van der Waals surface area contributed by atoms with E-state index in [1.54, 1.807) is 0 Å². The molecule has 0 aliphatic heterocycles. The van der Waals surface area contributed by atoms with Gasteiger partial charge in [0.25, 0.3) is 0 Å². The Morgan fingerprint density at radius 3 is 1.22 bits per heavy atom. The first-order chi connectivity index (χ1) is 8.86. The molecule has 0 saturated carbocycles. The van der Waals surface area contributed by atoms with Crippen LogP contribution in [0.1, 0.15) is 11.1 Å². The lowest BCUT2D eigenvalue weighted by molar-refractivity contribution is 0.976. The summed E-state index contributed by atoms with van der Waals surface area (Å²) in [6, 6.07) is 20.6. The molecule has 0 amide bonds. The van der Waals surface area contributed by atoms with E-state index in [-0.39, 0.29) is 0 Å².